The molecule has 1 aromatic rings. The first-order chi connectivity index (χ1) is 10.5. The zero-order valence-electron chi connectivity index (χ0n) is 13.6. The lowest BCUT2D eigenvalue weighted by Crippen LogP contribution is -2.41. The predicted octanol–water partition coefficient (Wildman–Crippen LogP) is 1.17. The van der Waals surface area contributed by atoms with Crippen LogP contribution in [0.4, 0.5) is 0 Å². The van der Waals surface area contributed by atoms with Crippen LogP contribution in [0.25, 0.3) is 0 Å². The summed E-state index contributed by atoms with van der Waals surface area (Å²) in [5.74, 6) is -1.44. The second kappa shape index (κ2) is 7.56. The van der Waals surface area contributed by atoms with Gasteiger partial charge in [-0.25, -0.2) is 8.42 Å². The van der Waals surface area contributed by atoms with E-state index in [0.29, 0.717) is 5.56 Å². The highest BCUT2D eigenvalue weighted by Gasteiger charge is 2.26. The largest absolute Gasteiger partial charge is 0.480 e. The van der Waals surface area contributed by atoms with Crippen molar-refractivity contribution in [3.8, 4) is 0 Å². The Morgan fingerprint density at radius 1 is 1.17 bits per heavy atom. The number of aliphatic carboxylic acids is 1. The highest BCUT2D eigenvalue weighted by molar-refractivity contribution is 7.89. The molecule has 0 heterocycles. The van der Waals surface area contributed by atoms with Crippen LogP contribution in [-0.4, -0.2) is 50.4 Å². The van der Waals surface area contributed by atoms with Crippen molar-refractivity contribution in [1.82, 2.24) is 9.62 Å². The quantitative estimate of drug-likeness (QED) is 0.774. The molecule has 0 aliphatic rings. The third-order valence-electron chi connectivity index (χ3n) is 3.12. The van der Waals surface area contributed by atoms with Gasteiger partial charge >= 0.3 is 5.97 Å². The van der Waals surface area contributed by atoms with Crippen molar-refractivity contribution >= 4 is 21.9 Å². The molecule has 0 unspecified atom stereocenters. The van der Waals surface area contributed by atoms with Gasteiger partial charge in [0.15, 0.2) is 0 Å². The van der Waals surface area contributed by atoms with E-state index in [1.165, 1.54) is 29.2 Å². The number of rotatable bonds is 7. The minimum Gasteiger partial charge on any atom is -0.480 e. The molecule has 0 saturated carbocycles. The van der Waals surface area contributed by atoms with Crippen LogP contribution in [0.3, 0.4) is 0 Å². The first-order valence-corrected chi connectivity index (χ1v) is 8.59. The van der Waals surface area contributed by atoms with Crippen molar-refractivity contribution in [1.29, 1.82) is 0 Å². The van der Waals surface area contributed by atoms with Gasteiger partial charge in [-0.15, -0.1) is 0 Å². The van der Waals surface area contributed by atoms with Crippen LogP contribution in [0, 0.1) is 5.92 Å². The molecule has 0 radical (unpaired) electrons. The van der Waals surface area contributed by atoms with E-state index in [0.717, 1.165) is 0 Å². The molecule has 23 heavy (non-hydrogen) atoms. The van der Waals surface area contributed by atoms with Crippen LogP contribution < -0.4 is 4.72 Å². The average Bonchev–Trinajstić information content (AvgIpc) is 2.45. The fourth-order valence-corrected chi connectivity index (χ4v) is 3.16. The lowest BCUT2D eigenvalue weighted by Gasteiger charge is -2.17. The third-order valence-corrected chi connectivity index (χ3v) is 4.61. The molecule has 1 atom stereocenters. The number of carboxylic acid groups (broad SMARTS) is 1. The maximum absolute atomic E-state index is 12.3. The Kier molecular flexibility index (Phi) is 6.28. The lowest BCUT2D eigenvalue weighted by atomic mass is 10.1. The predicted molar refractivity (Wildman–Crippen MR) is 85.7 cm³/mol. The maximum atomic E-state index is 12.3. The standard InChI is InChI=1S/C15H22N2O5S/c1-10(2)9-13(15(19)20)16-23(21,22)12-7-5-11(6-8-12)14(18)17(3)4/h5-8,10,13,16H,9H2,1-4H3,(H,19,20)/t13-/m1/s1. The number of hydrogen-bond acceptors (Lipinski definition) is 4. The summed E-state index contributed by atoms with van der Waals surface area (Å²) in [6.07, 6.45) is 0.186. The van der Waals surface area contributed by atoms with E-state index in [2.05, 4.69) is 4.72 Å². The molecule has 8 heteroatoms. The molecule has 1 amide bonds. The van der Waals surface area contributed by atoms with E-state index >= 15 is 0 Å². The summed E-state index contributed by atoms with van der Waals surface area (Å²) in [4.78, 5) is 24.3. The van der Waals surface area contributed by atoms with Gasteiger partial charge in [-0.1, -0.05) is 13.8 Å². The van der Waals surface area contributed by atoms with E-state index in [9.17, 15) is 18.0 Å². The highest BCUT2D eigenvalue weighted by Crippen LogP contribution is 2.14. The summed E-state index contributed by atoms with van der Waals surface area (Å²) in [5.41, 5.74) is 0.353. The number of nitrogens with one attached hydrogen (secondary N) is 1. The Balaban J connectivity index is 2.99. The number of benzene rings is 1. The summed E-state index contributed by atoms with van der Waals surface area (Å²) >= 11 is 0. The second-order valence-electron chi connectivity index (χ2n) is 5.87. The summed E-state index contributed by atoms with van der Waals surface area (Å²) in [5, 5.41) is 9.13. The molecule has 0 aliphatic heterocycles. The molecule has 2 N–H and O–H groups in total. The van der Waals surface area contributed by atoms with Crippen molar-refractivity contribution in [2.75, 3.05) is 14.1 Å². The van der Waals surface area contributed by atoms with Gasteiger partial charge in [0, 0.05) is 19.7 Å². The van der Waals surface area contributed by atoms with Gasteiger partial charge in [0.1, 0.15) is 6.04 Å². The smallest absolute Gasteiger partial charge is 0.321 e. The topological polar surface area (TPSA) is 104 Å². The van der Waals surface area contributed by atoms with Gasteiger partial charge in [-0.05, 0) is 36.6 Å². The Morgan fingerprint density at radius 3 is 2.09 bits per heavy atom. The Labute approximate surface area is 136 Å². The Hall–Kier alpha value is -1.93. The van der Waals surface area contributed by atoms with Crippen molar-refractivity contribution in [3.63, 3.8) is 0 Å². The molecule has 0 aromatic heterocycles. The number of carbonyl (C=O) groups is 2. The number of carboxylic acids is 1. The SMILES string of the molecule is CC(C)C[C@@H](NS(=O)(=O)c1ccc(C(=O)N(C)C)cc1)C(=O)O. The number of nitrogens with zero attached hydrogens (tertiary/aromatic N) is 1. The molecular weight excluding hydrogens is 320 g/mol. The van der Waals surface area contributed by atoms with Gasteiger partial charge in [0.25, 0.3) is 5.91 Å². The van der Waals surface area contributed by atoms with Crippen molar-refractivity contribution in [3.05, 3.63) is 29.8 Å². The molecule has 0 bridgehead atoms. The minimum absolute atomic E-state index is 0.0267. The number of sulfonamides is 1. The number of hydrogen-bond donors (Lipinski definition) is 2. The third kappa shape index (κ3) is 5.33. The first kappa shape index (κ1) is 19.1. The van der Waals surface area contributed by atoms with Crippen LogP contribution in [0.2, 0.25) is 0 Å². The van der Waals surface area contributed by atoms with Crippen molar-refractivity contribution in [2.45, 2.75) is 31.2 Å². The fourth-order valence-electron chi connectivity index (χ4n) is 1.96. The molecule has 1 rings (SSSR count). The van der Waals surface area contributed by atoms with E-state index in [1.54, 1.807) is 14.1 Å². The van der Waals surface area contributed by atoms with Gasteiger partial charge in [0.05, 0.1) is 4.90 Å². The Morgan fingerprint density at radius 2 is 1.70 bits per heavy atom. The molecule has 7 nitrogen and oxygen atoms in total. The zero-order valence-corrected chi connectivity index (χ0v) is 14.4. The molecule has 0 aliphatic carbocycles. The second-order valence-corrected chi connectivity index (χ2v) is 7.58. The molecule has 0 fully saturated rings. The molecule has 0 saturated heterocycles. The zero-order chi connectivity index (χ0) is 17.8. The van der Waals surface area contributed by atoms with Crippen LogP contribution in [0.5, 0.6) is 0 Å². The summed E-state index contributed by atoms with van der Waals surface area (Å²) < 4.78 is 26.7. The monoisotopic (exact) mass is 342 g/mol. The van der Waals surface area contributed by atoms with Crippen molar-refractivity contribution < 1.29 is 23.1 Å². The number of amides is 1. The van der Waals surface area contributed by atoms with Crippen LogP contribution >= 0.6 is 0 Å². The van der Waals surface area contributed by atoms with Crippen molar-refractivity contribution in [2.24, 2.45) is 5.92 Å². The van der Waals surface area contributed by atoms with E-state index < -0.39 is 22.0 Å². The van der Waals surface area contributed by atoms with Gasteiger partial charge < -0.3 is 10.0 Å². The van der Waals surface area contributed by atoms with Crippen LogP contribution in [-0.2, 0) is 14.8 Å². The van der Waals surface area contributed by atoms with Crippen LogP contribution in [0.15, 0.2) is 29.2 Å². The first-order valence-electron chi connectivity index (χ1n) is 7.11. The maximum Gasteiger partial charge on any atom is 0.321 e. The van der Waals surface area contributed by atoms with Crippen LogP contribution in [0.1, 0.15) is 30.6 Å². The van der Waals surface area contributed by atoms with E-state index in [-0.39, 0.29) is 23.1 Å². The molecule has 1 aromatic carbocycles. The normalized spacial score (nSPS) is 12.9. The number of carbonyl (C=O) groups excluding carboxylic acids is 1. The van der Waals surface area contributed by atoms with E-state index in [4.69, 9.17) is 5.11 Å². The highest BCUT2D eigenvalue weighted by atomic mass is 32.2. The lowest BCUT2D eigenvalue weighted by molar-refractivity contribution is -0.139. The molecular formula is C15H22N2O5S. The average molecular weight is 342 g/mol. The van der Waals surface area contributed by atoms with Gasteiger partial charge in [-0.3, -0.25) is 9.59 Å². The van der Waals surface area contributed by atoms with Gasteiger partial charge in [-0.2, -0.15) is 4.72 Å². The van der Waals surface area contributed by atoms with Gasteiger partial charge in [0.2, 0.25) is 10.0 Å². The van der Waals surface area contributed by atoms with E-state index in [1.807, 2.05) is 13.8 Å². The Bertz CT molecular complexity index is 666. The summed E-state index contributed by atoms with van der Waals surface area (Å²) in [6.45, 7) is 3.62. The fraction of sp³-hybridized carbons (Fsp3) is 0.467. The minimum atomic E-state index is -3.97. The molecule has 0 spiro atoms. The molecule has 128 valence electrons. The summed E-state index contributed by atoms with van der Waals surface area (Å²) in [7, 11) is -0.778. The summed E-state index contributed by atoms with van der Waals surface area (Å²) in [6, 6.07) is 4.17.